The normalized spacial score (nSPS) is 14.8. The van der Waals surface area contributed by atoms with Crippen molar-refractivity contribution in [2.24, 2.45) is 0 Å². The van der Waals surface area contributed by atoms with Crippen molar-refractivity contribution in [3.8, 4) is 22.9 Å². The number of rotatable bonds is 6. The van der Waals surface area contributed by atoms with Gasteiger partial charge in [0.2, 0.25) is 0 Å². The molecule has 0 amide bonds. The lowest BCUT2D eigenvalue weighted by Gasteiger charge is -2.28. The van der Waals surface area contributed by atoms with E-state index in [4.69, 9.17) is 9.84 Å². The lowest BCUT2D eigenvalue weighted by atomic mass is 10.1. The fourth-order valence-corrected chi connectivity index (χ4v) is 3.35. The molecule has 0 saturated carbocycles. The van der Waals surface area contributed by atoms with E-state index < -0.39 is 6.10 Å². The van der Waals surface area contributed by atoms with Gasteiger partial charge in [0.1, 0.15) is 30.3 Å². The number of piperazine rings is 1. The number of ether oxygens (including phenoxy) is 1. The zero-order valence-corrected chi connectivity index (χ0v) is 15.8. The minimum Gasteiger partial charge on any atom is -0.489 e. The molecule has 3 aromatic rings. The number of pyridine rings is 2. The average molecular weight is 410 g/mol. The van der Waals surface area contributed by atoms with Gasteiger partial charge in [-0.1, -0.05) is 7.43 Å². The van der Waals surface area contributed by atoms with Gasteiger partial charge in [-0.3, -0.25) is 0 Å². The zero-order valence-electron chi connectivity index (χ0n) is 15.8. The lowest BCUT2D eigenvalue weighted by molar-refractivity contribution is 0.0534. The zero-order chi connectivity index (χ0) is 20.2. The van der Waals surface area contributed by atoms with Gasteiger partial charge < -0.3 is 25.2 Å². The minimum absolute atomic E-state index is 0. The molecular formula is C21H26N6O3. The Labute approximate surface area is 175 Å². The average Bonchev–Trinajstić information content (AvgIpc) is 3.20. The van der Waals surface area contributed by atoms with Crippen molar-refractivity contribution in [1.82, 2.24) is 19.9 Å². The van der Waals surface area contributed by atoms with Crippen LogP contribution in [0.25, 0.3) is 16.6 Å². The molecule has 0 radical (unpaired) electrons. The van der Waals surface area contributed by atoms with Crippen LogP contribution in [0.5, 0.6) is 5.75 Å². The Morgan fingerprint density at radius 3 is 2.73 bits per heavy atom. The monoisotopic (exact) mass is 410 g/mol. The first kappa shape index (κ1) is 21.5. The number of nitrogens with zero attached hydrogens (tertiary/aromatic N) is 5. The van der Waals surface area contributed by atoms with Gasteiger partial charge in [0, 0.05) is 43.5 Å². The Bertz CT molecular complexity index is 1020. The summed E-state index contributed by atoms with van der Waals surface area (Å²) in [5, 5.41) is 35.6. The second kappa shape index (κ2) is 9.54. The van der Waals surface area contributed by atoms with Crippen LogP contribution in [0, 0.1) is 11.3 Å². The van der Waals surface area contributed by atoms with Crippen molar-refractivity contribution in [2.45, 2.75) is 13.5 Å². The summed E-state index contributed by atoms with van der Waals surface area (Å²) in [7, 11) is 0. The first-order valence-corrected chi connectivity index (χ1v) is 9.45. The van der Waals surface area contributed by atoms with Crippen LogP contribution in [0.2, 0.25) is 0 Å². The van der Waals surface area contributed by atoms with Gasteiger partial charge >= 0.3 is 0 Å². The van der Waals surface area contributed by atoms with Crippen molar-refractivity contribution >= 4 is 11.3 Å². The number of nitrogens with one attached hydrogen (secondary N) is 1. The minimum atomic E-state index is -0.971. The van der Waals surface area contributed by atoms with Gasteiger partial charge in [-0.2, -0.15) is 10.4 Å². The third kappa shape index (κ3) is 4.36. The second-order valence-corrected chi connectivity index (χ2v) is 6.84. The Hall–Kier alpha value is -3.19. The van der Waals surface area contributed by atoms with Gasteiger partial charge in [0.05, 0.1) is 30.1 Å². The Balaban J connectivity index is 0.00000256. The lowest BCUT2D eigenvalue weighted by Crippen LogP contribution is -2.43. The molecule has 4 heterocycles. The van der Waals surface area contributed by atoms with Crippen LogP contribution in [-0.2, 0) is 0 Å². The Kier molecular flexibility index (Phi) is 6.84. The maximum absolute atomic E-state index is 9.56. The SMILES string of the molecule is C.N#Cc1cnn2cc(OC[C@@H](O)CO)cc(-c3ccc(N4CCNCC4)nc3)c12. The molecule has 0 aliphatic carbocycles. The van der Waals surface area contributed by atoms with E-state index in [0.29, 0.717) is 16.8 Å². The second-order valence-electron chi connectivity index (χ2n) is 6.84. The molecule has 1 aliphatic rings. The molecule has 4 rings (SSSR count). The first-order valence-electron chi connectivity index (χ1n) is 9.45. The Morgan fingerprint density at radius 1 is 1.27 bits per heavy atom. The van der Waals surface area contributed by atoms with Crippen molar-refractivity contribution in [3.63, 3.8) is 0 Å². The van der Waals surface area contributed by atoms with Crippen LogP contribution in [0.15, 0.2) is 36.8 Å². The van der Waals surface area contributed by atoms with E-state index in [0.717, 1.165) is 43.1 Å². The van der Waals surface area contributed by atoms with Crippen LogP contribution >= 0.6 is 0 Å². The van der Waals surface area contributed by atoms with Gasteiger partial charge in [-0.05, 0) is 18.2 Å². The summed E-state index contributed by atoms with van der Waals surface area (Å²) in [6, 6.07) is 7.91. The van der Waals surface area contributed by atoms with E-state index >= 15 is 0 Å². The van der Waals surface area contributed by atoms with Crippen molar-refractivity contribution in [1.29, 1.82) is 5.26 Å². The van der Waals surface area contributed by atoms with E-state index in [1.54, 1.807) is 23.0 Å². The number of hydrogen-bond donors (Lipinski definition) is 3. The van der Waals surface area contributed by atoms with E-state index in [-0.39, 0.29) is 20.6 Å². The number of nitriles is 1. The summed E-state index contributed by atoms with van der Waals surface area (Å²) < 4.78 is 7.18. The molecule has 1 saturated heterocycles. The number of aromatic nitrogens is 3. The highest BCUT2D eigenvalue weighted by Gasteiger charge is 2.16. The number of hydrogen-bond acceptors (Lipinski definition) is 8. The summed E-state index contributed by atoms with van der Waals surface area (Å²) in [5.41, 5.74) is 2.71. The van der Waals surface area contributed by atoms with Crippen LogP contribution < -0.4 is 15.0 Å². The molecule has 0 bridgehead atoms. The summed E-state index contributed by atoms with van der Waals surface area (Å²) in [4.78, 5) is 6.84. The maximum atomic E-state index is 9.56. The van der Waals surface area contributed by atoms with Crippen molar-refractivity contribution in [2.75, 3.05) is 44.3 Å². The third-order valence-corrected chi connectivity index (χ3v) is 4.86. The van der Waals surface area contributed by atoms with E-state index in [2.05, 4.69) is 26.4 Å². The molecule has 9 nitrogen and oxygen atoms in total. The predicted octanol–water partition coefficient (Wildman–Crippen LogP) is 1.05. The van der Waals surface area contributed by atoms with Crippen LogP contribution in [0.1, 0.15) is 13.0 Å². The highest BCUT2D eigenvalue weighted by Crippen LogP contribution is 2.31. The van der Waals surface area contributed by atoms with Gasteiger partial charge in [-0.25, -0.2) is 9.50 Å². The summed E-state index contributed by atoms with van der Waals surface area (Å²) in [6.45, 7) is 3.26. The summed E-state index contributed by atoms with van der Waals surface area (Å²) >= 11 is 0. The molecular weight excluding hydrogens is 384 g/mol. The van der Waals surface area contributed by atoms with E-state index in [1.807, 2.05) is 12.1 Å². The molecule has 3 N–H and O–H groups in total. The van der Waals surface area contributed by atoms with Crippen molar-refractivity contribution in [3.05, 3.63) is 42.4 Å². The first-order chi connectivity index (χ1) is 14.2. The molecule has 3 aromatic heterocycles. The molecule has 158 valence electrons. The molecule has 0 aromatic carbocycles. The standard InChI is InChI=1S/C20H22N6O3.CH4/c21-8-15-10-24-26-11-17(29-13-16(28)12-27)7-18(20(15)26)14-1-2-19(23-9-14)25-5-3-22-4-6-25;/h1-2,7,9-11,16,22,27-28H,3-6,12-13H2;1H4/t16-;/m0./s1. The van der Waals surface area contributed by atoms with Crippen LogP contribution in [0.3, 0.4) is 0 Å². The van der Waals surface area contributed by atoms with Crippen molar-refractivity contribution < 1.29 is 14.9 Å². The Morgan fingerprint density at radius 2 is 2.07 bits per heavy atom. The van der Waals surface area contributed by atoms with Gasteiger partial charge in [0.25, 0.3) is 0 Å². The molecule has 0 unspecified atom stereocenters. The molecule has 1 aliphatic heterocycles. The highest BCUT2D eigenvalue weighted by molar-refractivity contribution is 5.85. The molecule has 1 atom stereocenters. The predicted molar refractivity (Wildman–Crippen MR) is 114 cm³/mol. The highest BCUT2D eigenvalue weighted by atomic mass is 16.5. The number of fused-ring (bicyclic) bond motifs is 1. The van der Waals surface area contributed by atoms with Crippen LogP contribution in [-0.4, -0.2) is 70.3 Å². The number of aliphatic hydroxyl groups excluding tert-OH is 2. The topological polar surface area (TPSA) is 119 Å². The quantitative estimate of drug-likeness (QED) is 0.552. The third-order valence-electron chi connectivity index (χ3n) is 4.86. The van der Waals surface area contributed by atoms with Gasteiger partial charge in [-0.15, -0.1) is 0 Å². The van der Waals surface area contributed by atoms with E-state index in [1.165, 1.54) is 6.20 Å². The fraction of sp³-hybridized carbons (Fsp3) is 0.381. The number of aliphatic hydroxyl groups is 2. The molecule has 30 heavy (non-hydrogen) atoms. The summed E-state index contributed by atoms with van der Waals surface area (Å²) in [5.74, 6) is 1.39. The summed E-state index contributed by atoms with van der Waals surface area (Å²) in [6.07, 6.45) is 3.97. The molecule has 9 heteroatoms. The van der Waals surface area contributed by atoms with Gasteiger partial charge in [0.15, 0.2) is 0 Å². The molecule has 1 fully saturated rings. The van der Waals surface area contributed by atoms with E-state index in [9.17, 15) is 10.4 Å². The smallest absolute Gasteiger partial charge is 0.138 e. The molecule has 0 spiro atoms. The fourth-order valence-electron chi connectivity index (χ4n) is 3.35. The maximum Gasteiger partial charge on any atom is 0.138 e. The largest absolute Gasteiger partial charge is 0.489 e. The number of anilines is 1. The van der Waals surface area contributed by atoms with Crippen LogP contribution in [0.4, 0.5) is 5.82 Å².